The number of nitrogens with zero attached hydrogens (tertiary/aromatic N) is 2. The van der Waals surface area contributed by atoms with E-state index < -0.39 is 5.97 Å². The van der Waals surface area contributed by atoms with Crippen LogP contribution in [0.1, 0.15) is 17.4 Å². The van der Waals surface area contributed by atoms with Gasteiger partial charge in [0.1, 0.15) is 5.82 Å². The van der Waals surface area contributed by atoms with Crippen molar-refractivity contribution in [1.82, 2.24) is 15.5 Å². The Bertz CT molecular complexity index is 391. The zero-order valence-electron chi connectivity index (χ0n) is 9.69. The van der Waals surface area contributed by atoms with E-state index in [9.17, 15) is 9.59 Å². The van der Waals surface area contributed by atoms with E-state index in [0.717, 1.165) is 0 Å². The molecule has 0 aliphatic carbocycles. The van der Waals surface area contributed by atoms with Crippen LogP contribution in [-0.4, -0.2) is 42.3 Å². The largest absolute Gasteiger partial charge is 0.464 e. The number of amides is 1. The number of rotatable bonds is 5. The van der Waals surface area contributed by atoms with Gasteiger partial charge in [-0.25, -0.2) is 4.79 Å². The molecule has 92 valence electrons. The van der Waals surface area contributed by atoms with Crippen molar-refractivity contribution in [2.24, 2.45) is 0 Å². The fourth-order valence-corrected chi connectivity index (χ4v) is 1.07. The van der Waals surface area contributed by atoms with E-state index in [1.165, 1.54) is 20.1 Å². The number of carbonyl (C=O) groups is 2. The first-order valence-electron chi connectivity index (χ1n) is 5.04. The van der Waals surface area contributed by atoms with Crippen molar-refractivity contribution in [3.05, 3.63) is 17.8 Å². The molecule has 0 saturated carbocycles. The highest BCUT2D eigenvalue weighted by Gasteiger charge is 2.06. The zero-order valence-corrected chi connectivity index (χ0v) is 9.69. The highest BCUT2D eigenvalue weighted by atomic mass is 16.5. The number of ether oxygens (including phenoxy) is 1. The van der Waals surface area contributed by atoms with Crippen LogP contribution < -0.4 is 10.6 Å². The van der Waals surface area contributed by atoms with Gasteiger partial charge in [-0.1, -0.05) is 0 Å². The predicted octanol–water partition coefficient (Wildman–Crippen LogP) is -0.189. The number of nitrogens with one attached hydrogen (secondary N) is 2. The summed E-state index contributed by atoms with van der Waals surface area (Å²) in [5.41, 5.74) is 0.153. The molecular formula is C10H14N4O3. The predicted molar refractivity (Wildman–Crippen MR) is 60.5 cm³/mol. The zero-order chi connectivity index (χ0) is 12.7. The van der Waals surface area contributed by atoms with E-state index >= 15 is 0 Å². The second-order valence-corrected chi connectivity index (χ2v) is 3.21. The molecule has 2 N–H and O–H groups in total. The monoisotopic (exact) mass is 238 g/mol. The van der Waals surface area contributed by atoms with E-state index in [-0.39, 0.29) is 11.6 Å². The maximum Gasteiger partial charge on any atom is 0.358 e. The number of hydrogen-bond acceptors (Lipinski definition) is 6. The lowest BCUT2D eigenvalue weighted by Gasteiger charge is -2.05. The van der Waals surface area contributed by atoms with Crippen LogP contribution in [0.3, 0.4) is 0 Å². The Labute approximate surface area is 98.6 Å². The molecule has 0 fully saturated rings. The van der Waals surface area contributed by atoms with Crippen LogP contribution in [0.5, 0.6) is 0 Å². The number of aromatic nitrogens is 2. The van der Waals surface area contributed by atoms with Crippen molar-refractivity contribution in [3.8, 4) is 0 Å². The number of methoxy groups -OCH3 is 1. The maximum atomic E-state index is 11.1. The van der Waals surface area contributed by atoms with Gasteiger partial charge in [0.25, 0.3) is 0 Å². The molecule has 0 unspecified atom stereocenters. The Balaban J connectivity index is 2.40. The normalized spacial score (nSPS) is 9.53. The summed E-state index contributed by atoms with van der Waals surface area (Å²) in [6.07, 6.45) is 0. The highest BCUT2D eigenvalue weighted by molar-refractivity contribution is 5.86. The van der Waals surface area contributed by atoms with E-state index in [4.69, 9.17) is 0 Å². The minimum Gasteiger partial charge on any atom is -0.464 e. The molecule has 1 heterocycles. The van der Waals surface area contributed by atoms with Crippen molar-refractivity contribution in [1.29, 1.82) is 0 Å². The third-order valence-corrected chi connectivity index (χ3v) is 1.86. The first-order valence-corrected chi connectivity index (χ1v) is 5.04. The van der Waals surface area contributed by atoms with Gasteiger partial charge in [0.15, 0.2) is 5.69 Å². The van der Waals surface area contributed by atoms with Gasteiger partial charge < -0.3 is 15.4 Å². The molecule has 7 nitrogen and oxygen atoms in total. The van der Waals surface area contributed by atoms with Crippen molar-refractivity contribution < 1.29 is 14.3 Å². The lowest BCUT2D eigenvalue weighted by Crippen LogP contribution is -2.26. The molecule has 0 spiro atoms. The second-order valence-electron chi connectivity index (χ2n) is 3.21. The smallest absolute Gasteiger partial charge is 0.358 e. The van der Waals surface area contributed by atoms with Gasteiger partial charge in [-0.2, -0.15) is 0 Å². The molecule has 0 aliphatic rings. The Morgan fingerprint density at radius 3 is 2.59 bits per heavy atom. The summed E-state index contributed by atoms with van der Waals surface area (Å²) in [7, 11) is 1.28. The number of esters is 1. The van der Waals surface area contributed by atoms with E-state index in [1.807, 2.05) is 0 Å². The Kier molecular flexibility index (Phi) is 4.86. The molecule has 0 aliphatic heterocycles. The van der Waals surface area contributed by atoms with Gasteiger partial charge in [0, 0.05) is 20.0 Å². The average Bonchev–Trinajstić information content (AvgIpc) is 2.34. The molecule has 7 heteroatoms. The van der Waals surface area contributed by atoms with Crippen LogP contribution in [0, 0.1) is 0 Å². The molecule has 1 aromatic rings. The van der Waals surface area contributed by atoms with Crippen LogP contribution in [0.25, 0.3) is 0 Å². The molecule has 0 saturated heterocycles. The van der Waals surface area contributed by atoms with Crippen molar-refractivity contribution in [2.45, 2.75) is 6.92 Å². The van der Waals surface area contributed by atoms with Gasteiger partial charge in [-0.15, -0.1) is 10.2 Å². The molecule has 1 rings (SSSR count). The van der Waals surface area contributed by atoms with Crippen molar-refractivity contribution in [2.75, 3.05) is 25.5 Å². The third kappa shape index (κ3) is 4.45. The van der Waals surface area contributed by atoms with Crippen LogP contribution in [0.2, 0.25) is 0 Å². The Hall–Kier alpha value is -2.18. The molecule has 0 aromatic carbocycles. The highest BCUT2D eigenvalue weighted by Crippen LogP contribution is 2.02. The lowest BCUT2D eigenvalue weighted by atomic mass is 10.4. The first kappa shape index (κ1) is 12.9. The maximum absolute atomic E-state index is 11.1. The Morgan fingerprint density at radius 1 is 1.29 bits per heavy atom. The summed E-state index contributed by atoms with van der Waals surface area (Å²) in [6, 6.07) is 3.13. The minimum atomic E-state index is -0.526. The second kappa shape index (κ2) is 6.41. The molecule has 1 amide bonds. The van der Waals surface area contributed by atoms with E-state index in [1.54, 1.807) is 6.07 Å². The van der Waals surface area contributed by atoms with Crippen LogP contribution in [0.15, 0.2) is 12.1 Å². The van der Waals surface area contributed by atoms with Crippen LogP contribution >= 0.6 is 0 Å². The molecule has 0 radical (unpaired) electrons. The van der Waals surface area contributed by atoms with Crippen molar-refractivity contribution >= 4 is 17.7 Å². The molecule has 0 atom stereocenters. The van der Waals surface area contributed by atoms with Crippen molar-refractivity contribution in [3.63, 3.8) is 0 Å². The van der Waals surface area contributed by atoms with Gasteiger partial charge >= 0.3 is 5.97 Å². The Morgan fingerprint density at radius 2 is 2.06 bits per heavy atom. The SMILES string of the molecule is COC(=O)c1ccc(NCCNC(C)=O)nn1. The van der Waals surface area contributed by atoms with E-state index in [2.05, 4.69) is 25.6 Å². The number of hydrogen-bond donors (Lipinski definition) is 2. The number of carbonyl (C=O) groups excluding carboxylic acids is 2. The van der Waals surface area contributed by atoms with E-state index in [0.29, 0.717) is 18.9 Å². The third-order valence-electron chi connectivity index (χ3n) is 1.86. The standard InChI is InChI=1S/C10H14N4O3/c1-7(15)11-5-6-12-9-4-3-8(13-14-9)10(16)17-2/h3-4H,5-6H2,1-2H3,(H,11,15)(H,12,14). The van der Waals surface area contributed by atoms with Gasteiger partial charge in [-0.3, -0.25) is 4.79 Å². The fourth-order valence-electron chi connectivity index (χ4n) is 1.07. The summed E-state index contributed by atoms with van der Waals surface area (Å²) in [5.74, 6) is -0.0794. The fraction of sp³-hybridized carbons (Fsp3) is 0.400. The molecule has 17 heavy (non-hydrogen) atoms. The average molecular weight is 238 g/mol. The summed E-state index contributed by atoms with van der Waals surface area (Å²) < 4.78 is 4.49. The molecular weight excluding hydrogens is 224 g/mol. The quantitative estimate of drug-likeness (QED) is 0.545. The summed E-state index contributed by atoms with van der Waals surface area (Å²) in [5, 5.41) is 13.1. The van der Waals surface area contributed by atoms with Crippen LogP contribution in [0.4, 0.5) is 5.82 Å². The first-order chi connectivity index (χ1) is 8.13. The summed E-state index contributed by atoms with van der Waals surface area (Å²) in [4.78, 5) is 21.7. The summed E-state index contributed by atoms with van der Waals surface area (Å²) in [6.45, 7) is 2.48. The van der Waals surface area contributed by atoms with Crippen LogP contribution in [-0.2, 0) is 9.53 Å². The molecule has 0 bridgehead atoms. The molecule has 1 aromatic heterocycles. The van der Waals surface area contributed by atoms with Gasteiger partial charge in [0.2, 0.25) is 5.91 Å². The minimum absolute atomic E-state index is 0.0843. The summed E-state index contributed by atoms with van der Waals surface area (Å²) >= 11 is 0. The topological polar surface area (TPSA) is 93.2 Å². The van der Waals surface area contributed by atoms with Gasteiger partial charge in [0.05, 0.1) is 7.11 Å². The lowest BCUT2D eigenvalue weighted by molar-refractivity contribution is -0.118. The number of anilines is 1. The van der Waals surface area contributed by atoms with Gasteiger partial charge in [-0.05, 0) is 12.1 Å².